The average Bonchev–Trinajstić information content (AvgIpc) is 2.81. The molecule has 2 aromatic carbocycles. The van der Waals surface area contributed by atoms with E-state index in [9.17, 15) is 22.8 Å². The topological polar surface area (TPSA) is 68.3 Å². The van der Waals surface area contributed by atoms with Gasteiger partial charge >= 0.3 is 6.18 Å². The molecule has 32 heavy (non-hydrogen) atoms. The number of rotatable bonds is 6. The van der Waals surface area contributed by atoms with Gasteiger partial charge in [-0.2, -0.15) is 13.2 Å². The van der Waals surface area contributed by atoms with Gasteiger partial charge in [-0.25, -0.2) is 0 Å². The van der Waals surface area contributed by atoms with Crippen LogP contribution in [0.4, 0.5) is 13.2 Å². The Bertz CT molecular complexity index is 955. The molecule has 0 bridgehead atoms. The van der Waals surface area contributed by atoms with E-state index in [1.54, 1.807) is 28.0 Å². The van der Waals surface area contributed by atoms with Crippen molar-refractivity contribution in [2.45, 2.75) is 6.18 Å². The number of hydrogen-bond acceptors (Lipinski definition) is 5. The molecule has 1 aliphatic rings. The maximum absolute atomic E-state index is 12.9. The molecule has 1 heterocycles. The number of carbonyl (C=O) groups is 2. The second-order valence-electron chi connectivity index (χ2n) is 7.08. The lowest BCUT2D eigenvalue weighted by molar-refractivity contribution is -0.153. The summed E-state index contributed by atoms with van der Waals surface area (Å²) in [7, 11) is 3.00. The number of amides is 2. The zero-order chi connectivity index (χ0) is 23.3. The minimum Gasteiger partial charge on any atom is -0.497 e. The third kappa shape index (κ3) is 5.63. The van der Waals surface area contributed by atoms with Crippen LogP contribution in [-0.4, -0.2) is 74.8 Å². The van der Waals surface area contributed by atoms with Crippen molar-refractivity contribution in [1.82, 2.24) is 9.80 Å². The van der Waals surface area contributed by atoms with Crippen molar-refractivity contribution in [1.29, 1.82) is 0 Å². The number of halogens is 3. The molecule has 0 atom stereocenters. The molecule has 1 aliphatic heterocycles. The van der Waals surface area contributed by atoms with E-state index in [0.717, 1.165) is 0 Å². The maximum Gasteiger partial charge on any atom is 0.422 e. The predicted octanol–water partition coefficient (Wildman–Crippen LogP) is 3.24. The van der Waals surface area contributed by atoms with Crippen LogP contribution in [0.5, 0.6) is 17.2 Å². The number of ether oxygens (including phenoxy) is 3. The van der Waals surface area contributed by atoms with Crippen molar-refractivity contribution in [3.63, 3.8) is 0 Å². The lowest BCUT2D eigenvalue weighted by Crippen LogP contribution is -2.50. The van der Waals surface area contributed by atoms with Crippen LogP contribution in [0.2, 0.25) is 0 Å². The number of nitrogens with zero attached hydrogens (tertiary/aromatic N) is 2. The van der Waals surface area contributed by atoms with Gasteiger partial charge < -0.3 is 24.0 Å². The third-order valence-corrected chi connectivity index (χ3v) is 5.00. The van der Waals surface area contributed by atoms with E-state index in [0.29, 0.717) is 48.8 Å². The van der Waals surface area contributed by atoms with Gasteiger partial charge in [-0.05, 0) is 36.4 Å². The molecule has 0 radical (unpaired) electrons. The van der Waals surface area contributed by atoms with Crippen LogP contribution in [0.1, 0.15) is 20.7 Å². The minimum atomic E-state index is -4.43. The first kappa shape index (κ1) is 23.2. The molecule has 0 aliphatic carbocycles. The first-order chi connectivity index (χ1) is 15.2. The Morgan fingerprint density at radius 2 is 1.41 bits per heavy atom. The fourth-order valence-corrected chi connectivity index (χ4v) is 3.30. The second-order valence-corrected chi connectivity index (χ2v) is 7.08. The predicted molar refractivity (Wildman–Crippen MR) is 109 cm³/mol. The number of carbonyl (C=O) groups excluding carboxylic acids is 2. The van der Waals surface area contributed by atoms with Crippen molar-refractivity contribution in [3.05, 3.63) is 53.6 Å². The van der Waals surface area contributed by atoms with Crippen LogP contribution < -0.4 is 14.2 Å². The summed E-state index contributed by atoms with van der Waals surface area (Å²) in [5, 5.41) is 0. The summed E-state index contributed by atoms with van der Waals surface area (Å²) in [6.45, 7) is -0.0565. The Balaban J connectivity index is 1.58. The summed E-state index contributed by atoms with van der Waals surface area (Å²) in [5.74, 6) is 0.538. The van der Waals surface area contributed by atoms with Crippen molar-refractivity contribution in [3.8, 4) is 17.2 Å². The molecule has 1 fully saturated rings. The van der Waals surface area contributed by atoms with Crippen LogP contribution in [0.15, 0.2) is 42.5 Å². The summed E-state index contributed by atoms with van der Waals surface area (Å²) in [5.41, 5.74) is 0.739. The largest absolute Gasteiger partial charge is 0.497 e. The summed E-state index contributed by atoms with van der Waals surface area (Å²) >= 11 is 0. The van der Waals surface area contributed by atoms with Gasteiger partial charge in [-0.15, -0.1) is 0 Å². The smallest absolute Gasteiger partial charge is 0.422 e. The third-order valence-electron chi connectivity index (χ3n) is 5.00. The van der Waals surface area contributed by atoms with Gasteiger partial charge in [0.15, 0.2) is 6.61 Å². The number of alkyl halides is 3. The molecular weight excluding hydrogens is 429 g/mol. The highest BCUT2D eigenvalue weighted by Gasteiger charge is 2.29. The lowest BCUT2D eigenvalue weighted by atomic mass is 10.1. The Kier molecular flexibility index (Phi) is 7.12. The molecular formula is C22H23F3N2O5. The van der Waals surface area contributed by atoms with E-state index >= 15 is 0 Å². The molecule has 2 amide bonds. The van der Waals surface area contributed by atoms with E-state index in [2.05, 4.69) is 4.74 Å². The van der Waals surface area contributed by atoms with Crippen LogP contribution in [0, 0.1) is 0 Å². The first-order valence-corrected chi connectivity index (χ1v) is 9.82. The van der Waals surface area contributed by atoms with Crippen molar-refractivity contribution in [2.75, 3.05) is 47.0 Å². The van der Waals surface area contributed by atoms with Gasteiger partial charge in [0.25, 0.3) is 11.8 Å². The quantitative estimate of drug-likeness (QED) is 0.673. The fraction of sp³-hybridized carbons (Fsp3) is 0.364. The summed E-state index contributed by atoms with van der Waals surface area (Å²) in [4.78, 5) is 28.9. The van der Waals surface area contributed by atoms with E-state index in [1.165, 1.54) is 38.5 Å². The molecule has 0 N–H and O–H groups in total. The highest BCUT2D eigenvalue weighted by atomic mass is 19.4. The normalized spacial score (nSPS) is 14.2. The number of piperazine rings is 1. The fourth-order valence-electron chi connectivity index (χ4n) is 3.30. The van der Waals surface area contributed by atoms with Crippen molar-refractivity contribution < 1.29 is 37.0 Å². The molecule has 0 spiro atoms. The Labute approximate surface area is 183 Å². The molecule has 1 saturated heterocycles. The highest BCUT2D eigenvalue weighted by Crippen LogP contribution is 2.26. The van der Waals surface area contributed by atoms with Crippen LogP contribution in [-0.2, 0) is 0 Å². The number of methoxy groups -OCH3 is 2. The zero-order valence-corrected chi connectivity index (χ0v) is 17.6. The monoisotopic (exact) mass is 452 g/mol. The van der Waals surface area contributed by atoms with E-state index < -0.39 is 12.8 Å². The molecule has 172 valence electrons. The summed E-state index contributed by atoms with van der Waals surface area (Å²) in [6, 6.07) is 10.5. The Morgan fingerprint density at radius 1 is 0.844 bits per heavy atom. The summed E-state index contributed by atoms with van der Waals surface area (Å²) in [6.07, 6.45) is -4.43. The van der Waals surface area contributed by atoms with Gasteiger partial charge in [0.2, 0.25) is 0 Å². The van der Waals surface area contributed by atoms with Gasteiger partial charge in [0.05, 0.1) is 19.8 Å². The van der Waals surface area contributed by atoms with Crippen molar-refractivity contribution >= 4 is 11.8 Å². The molecule has 3 rings (SSSR count). The maximum atomic E-state index is 12.9. The standard InChI is InChI=1S/C22H23F3N2O5/c1-30-17-7-8-18(19(13-17)31-2)21(29)27-11-9-26(10-12-27)20(28)15-3-5-16(6-4-15)32-14-22(23,24)25/h3-8,13H,9-12,14H2,1-2H3. The highest BCUT2D eigenvalue weighted by molar-refractivity contribution is 5.98. The zero-order valence-electron chi connectivity index (χ0n) is 17.6. The van der Waals surface area contributed by atoms with Gasteiger partial charge in [0, 0.05) is 37.8 Å². The van der Waals surface area contributed by atoms with Gasteiger partial charge in [0.1, 0.15) is 17.2 Å². The van der Waals surface area contributed by atoms with Crippen LogP contribution >= 0.6 is 0 Å². The van der Waals surface area contributed by atoms with Gasteiger partial charge in [-0.1, -0.05) is 0 Å². The number of hydrogen-bond donors (Lipinski definition) is 0. The molecule has 7 nitrogen and oxygen atoms in total. The average molecular weight is 452 g/mol. The van der Waals surface area contributed by atoms with Crippen molar-refractivity contribution in [2.24, 2.45) is 0 Å². The SMILES string of the molecule is COc1ccc(C(=O)N2CCN(C(=O)c3ccc(OCC(F)(F)F)cc3)CC2)c(OC)c1. The lowest BCUT2D eigenvalue weighted by Gasteiger charge is -2.35. The van der Waals surface area contributed by atoms with Crippen LogP contribution in [0.3, 0.4) is 0 Å². The second kappa shape index (κ2) is 9.80. The Morgan fingerprint density at radius 3 is 1.94 bits per heavy atom. The molecule has 0 saturated carbocycles. The molecule has 0 unspecified atom stereocenters. The minimum absolute atomic E-state index is 0.0303. The van der Waals surface area contributed by atoms with E-state index in [1.807, 2.05) is 0 Å². The Hall–Kier alpha value is -3.43. The first-order valence-electron chi connectivity index (χ1n) is 9.82. The molecule has 0 aromatic heterocycles. The van der Waals surface area contributed by atoms with Crippen LogP contribution in [0.25, 0.3) is 0 Å². The molecule has 2 aromatic rings. The van der Waals surface area contributed by atoms with E-state index in [4.69, 9.17) is 9.47 Å². The number of benzene rings is 2. The molecule has 10 heteroatoms. The summed E-state index contributed by atoms with van der Waals surface area (Å²) < 4.78 is 51.8. The van der Waals surface area contributed by atoms with E-state index in [-0.39, 0.29) is 17.6 Å². The van der Waals surface area contributed by atoms with Gasteiger partial charge in [-0.3, -0.25) is 9.59 Å².